The van der Waals surface area contributed by atoms with Crippen LogP contribution < -0.4 is 20.5 Å². The molecule has 4 aromatic rings. The maximum Gasteiger partial charge on any atom is 0.212 e. The van der Waals surface area contributed by atoms with E-state index in [0.29, 0.717) is 57.8 Å². The van der Waals surface area contributed by atoms with Crippen molar-refractivity contribution in [2.24, 2.45) is 10.7 Å². The van der Waals surface area contributed by atoms with Crippen LogP contribution in [0.2, 0.25) is 10.0 Å². The van der Waals surface area contributed by atoms with Crippen LogP contribution in [0.25, 0.3) is 22.4 Å². The third kappa shape index (κ3) is 3.06. The molecule has 0 amide bonds. The summed E-state index contributed by atoms with van der Waals surface area (Å²) in [5.74, 6) is 3.29. The molecule has 162 valence electrons. The van der Waals surface area contributed by atoms with Gasteiger partial charge in [0.2, 0.25) is 5.95 Å². The van der Waals surface area contributed by atoms with Crippen LogP contribution in [0.4, 0.5) is 5.95 Å². The van der Waals surface area contributed by atoms with Crippen LogP contribution in [0.3, 0.4) is 0 Å². The summed E-state index contributed by atoms with van der Waals surface area (Å²) in [4.78, 5) is 9.26. The number of benzene rings is 2. The molecule has 0 aliphatic carbocycles. The standard InChI is InChI=1S/C22H17Cl2N5O3/c23-12-4-1-3-11(19(12)24)15-5-6-16(32-15)20-27-21(25)28-22-26-13-9-17-18(10-14(13)29(20)22)31-8-2-7-30-17/h1,3-6,9-10,20H,2,7-8H2,(H3,25,26,27,28)/t20-/m1/s1. The van der Waals surface area contributed by atoms with Crippen molar-refractivity contribution in [1.29, 1.82) is 0 Å². The average molecular weight is 470 g/mol. The van der Waals surface area contributed by atoms with Gasteiger partial charge in [-0.1, -0.05) is 29.3 Å². The molecule has 4 heterocycles. The topological polar surface area (TPSA) is 99.8 Å². The first kappa shape index (κ1) is 19.3. The lowest BCUT2D eigenvalue weighted by atomic mass is 10.2. The zero-order valence-corrected chi connectivity index (χ0v) is 18.2. The lowest BCUT2D eigenvalue weighted by Crippen LogP contribution is -2.31. The van der Waals surface area contributed by atoms with Crippen LogP contribution in [0.15, 0.2) is 51.9 Å². The van der Waals surface area contributed by atoms with E-state index in [0.717, 1.165) is 17.5 Å². The van der Waals surface area contributed by atoms with Gasteiger partial charge in [0.1, 0.15) is 11.5 Å². The van der Waals surface area contributed by atoms with Gasteiger partial charge < -0.3 is 19.6 Å². The molecule has 0 saturated heterocycles. The number of halogens is 2. The largest absolute Gasteiger partial charge is 0.489 e. The van der Waals surface area contributed by atoms with E-state index >= 15 is 0 Å². The summed E-state index contributed by atoms with van der Waals surface area (Å²) in [6.45, 7) is 1.19. The van der Waals surface area contributed by atoms with Crippen molar-refractivity contribution < 1.29 is 13.9 Å². The molecule has 3 N–H and O–H groups in total. The number of ether oxygens (including phenoxy) is 2. The highest BCUT2D eigenvalue weighted by atomic mass is 35.5. The first-order valence-corrected chi connectivity index (χ1v) is 10.8. The van der Waals surface area contributed by atoms with Crippen LogP contribution in [-0.4, -0.2) is 28.7 Å². The minimum atomic E-state index is -0.562. The van der Waals surface area contributed by atoms with Crippen molar-refractivity contribution in [3.63, 3.8) is 0 Å². The number of rotatable bonds is 2. The molecule has 0 saturated carbocycles. The van der Waals surface area contributed by atoms with Crippen molar-refractivity contribution in [3.05, 3.63) is 58.3 Å². The Morgan fingerprint density at radius 2 is 1.88 bits per heavy atom. The van der Waals surface area contributed by atoms with Crippen LogP contribution in [0.1, 0.15) is 18.3 Å². The molecule has 0 radical (unpaired) electrons. The fourth-order valence-corrected chi connectivity index (χ4v) is 4.34. The van der Waals surface area contributed by atoms with Gasteiger partial charge in [-0.05, 0) is 24.3 Å². The first-order chi connectivity index (χ1) is 15.6. The SMILES string of the molecule is NC1=N[C@@H](c2ccc(-c3cccc(Cl)c3Cl)o2)n2c(nc3cc4c(cc32)OCCCO4)N1. The normalized spacial score (nSPS) is 17.4. The van der Waals surface area contributed by atoms with Crippen molar-refractivity contribution in [3.8, 4) is 22.8 Å². The number of imidazole rings is 1. The van der Waals surface area contributed by atoms with Crippen molar-refractivity contribution in [2.45, 2.75) is 12.6 Å². The molecule has 8 nitrogen and oxygen atoms in total. The molecule has 32 heavy (non-hydrogen) atoms. The van der Waals surface area contributed by atoms with E-state index in [1.54, 1.807) is 6.07 Å². The summed E-state index contributed by atoms with van der Waals surface area (Å²) in [7, 11) is 0. The smallest absolute Gasteiger partial charge is 0.212 e. The molecule has 2 aromatic heterocycles. The van der Waals surface area contributed by atoms with Gasteiger partial charge in [-0.3, -0.25) is 9.88 Å². The summed E-state index contributed by atoms with van der Waals surface area (Å²) in [5.41, 5.74) is 8.31. The fraction of sp³-hybridized carbons (Fsp3) is 0.182. The van der Waals surface area contributed by atoms with E-state index < -0.39 is 6.17 Å². The number of nitrogens with zero attached hydrogens (tertiary/aromatic N) is 3. The van der Waals surface area contributed by atoms with Crippen molar-refractivity contribution in [2.75, 3.05) is 18.5 Å². The molecule has 1 atom stereocenters. The Balaban J connectivity index is 1.48. The Hall–Kier alpha value is -3.36. The van der Waals surface area contributed by atoms with Gasteiger partial charge >= 0.3 is 0 Å². The second kappa shape index (κ2) is 7.36. The third-order valence-electron chi connectivity index (χ3n) is 5.40. The quantitative estimate of drug-likeness (QED) is 0.425. The highest BCUT2D eigenvalue weighted by Crippen LogP contribution is 2.41. The van der Waals surface area contributed by atoms with E-state index in [-0.39, 0.29) is 5.96 Å². The highest BCUT2D eigenvalue weighted by Gasteiger charge is 2.29. The number of hydrogen-bond acceptors (Lipinski definition) is 7. The summed E-state index contributed by atoms with van der Waals surface area (Å²) >= 11 is 12.5. The minimum Gasteiger partial charge on any atom is -0.489 e. The van der Waals surface area contributed by atoms with Gasteiger partial charge in [0.15, 0.2) is 23.6 Å². The lowest BCUT2D eigenvalue weighted by Gasteiger charge is -2.22. The molecule has 0 fully saturated rings. The average Bonchev–Trinajstić information content (AvgIpc) is 3.32. The number of nitrogens with one attached hydrogen (secondary N) is 1. The van der Waals surface area contributed by atoms with Crippen molar-refractivity contribution in [1.82, 2.24) is 9.55 Å². The molecular formula is C22H17Cl2N5O3. The molecule has 10 heteroatoms. The second-order valence-electron chi connectivity index (χ2n) is 7.46. The Labute approximate surface area is 192 Å². The van der Waals surface area contributed by atoms with Gasteiger partial charge in [0.05, 0.1) is 34.3 Å². The van der Waals surface area contributed by atoms with Crippen molar-refractivity contribution >= 4 is 46.1 Å². The Morgan fingerprint density at radius 1 is 1.06 bits per heavy atom. The third-order valence-corrected chi connectivity index (χ3v) is 6.22. The number of aromatic nitrogens is 2. The molecule has 0 spiro atoms. The molecule has 2 aromatic carbocycles. The Bertz CT molecular complexity index is 1390. The van der Waals surface area contributed by atoms with Crippen LogP contribution >= 0.6 is 23.2 Å². The number of anilines is 1. The Kier molecular flexibility index (Phi) is 4.44. The zero-order valence-electron chi connectivity index (χ0n) is 16.6. The van der Waals surface area contributed by atoms with Crippen LogP contribution in [0.5, 0.6) is 11.5 Å². The molecule has 2 aliphatic rings. The van der Waals surface area contributed by atoms with E-state index in [1.807, 2.05) is 41.0 Å². The lowest BCUT2D eigenvalue weighted by molar-refractivity contribution is 0.297. The number of nitrogens with two attached hydrogens (primary N) is 1. The van der Waals surface area contributed by atoms with E-state index in [4.69, 9.17) is 42.8 Å². The van der Waals surface area contributed by atoms with Gasteiger partial charge in [-0.25, -0.2) is 9.98 Å². The molecule has 0 unspecified atom stereocenters. The summed E-state index contributed by atoms with van der Waals surface area (Å²) in [6.07, 6.45) is 0.261. The molecule has 6 rings (SSSR count). The number of furan rings is 1. The number of aliphatic imine (C=N–C) groups is 1. The van der Waals surface area contributed by atoms with E-state index in [9.17, 15) is 0 Å². The zero-order chi connectivity index (χ0) is 21.8. The monoisotopic (exact) mass is 469 g/mol. The predicted molar refractivity (Wildman–Crippen MR) is 123 cm³/mol. The maximum absolute atomic E-state index is 6.38. The second-order valence-corrected chi connectivity index (χ2v) is 8.25. The van der Waals surface area contributed by atoms with Crippen LogP contribution in [-0.2, 0) is 0 Å². The van der Waals surface area contributed by atoms with E-state index in [2.05, 4.69) is 15.3 Å². The van der Waals surface area contributed by atoms with Crippen LogP contribution in [0, 0.1) is 0 Å². The van der Waals surface area contributed by atoms with Gasteiger partial charge in [-0.15, -0.1) is 0 Å². The number of fused-ring (bicyclic) bond motifs is 4. The minimum absolute atomic E-state index is 0.241. The summed E-state index contributed by atoms with van der Waals surface area (Å²) in [6, 6.07) is 12.9. The molecule has 2 aliphatic heterocycles. The fourth-order valence-electron chi connectivity index (χ4n) is 3.95. The maximum atomic E-state index is 6.38. The predicted octanol–water partition coefficient (Wildman–Crippen LogP) is 5.05. The molecule has 0 bridgehead atoms. The Morgan fingerprint density at radius 3 is 2.72 bits per heavy atom. The number of guanidine groups is 1. The summed E-state index contributed by atoms with van der Waals surface area (Å²) in [5, 5.41) is 3.91. The molecular weight excluding hydrogens is 453 g/mol. The van der Waals surface area contributed by atoms with Gasteiger partial charge in [0, 0.05) is 24.1 Å². The summed E-state index contributed by atoms with van der Waals surface area (Å²) < 4.78 is 19.8. The van der Waals surface area contributed by atoms with Gasteiger partial charge in [0.25, 0.3) is 0 Å². The highest BCUT2D eigenvalue weighted by molar-refractivity contribution is 6.43. The van der Waals surface area contributed by atoms with E-state index in [1.165, 1.54) is 0 Å². The van der Waals surface area contributed by atoms with Gasteiger partial charge in [-0.2, -0.15) is 0 Å². The number of hydrogen-bond donors (Lipinski definition) is 2. The first-order valence-electron chi connectivity index (χ1n) is 10.0.